The third-order valence-electron chi connectivity index (χ3n) is 4.85. The zero-order chi connectivity index (χ0) is 21.5. The quantitative estimate of drug-likeness (QED) is 0.503. The van der Waals surface area contributed by atoms with Gasteiger partial charge in [-0.1, -0.05) is 60.7 Å². The maximum atomic E-state index is 12.4. The zero-order valence-corrected chi connectivity index (χ0v) is 16.2. The first-order chi connectivity index (χ1) is 14.4. The predicted molar refractivity (Wildman–Crippen MR) is 108 cm³/mol. The average Bonchev–Trinajstić information content (AvgIpc) is 2.72. The Bertz CT molecular complexity index is 917. The lowest BCUT2D eigenvalue weighted by Gasteiger charge is -2.29. The van der Waals surface area contributed by atoms with E-state index in [1.54, 1.807) is 24.3 Å². The van der Waals surface area contributed by atoms with Crippen LogP contribution < -0.4 is 16.0 Å². The summed E-state index contributed by atoms with van der Waals surface area (Å²) in [5.41, 5.74) is 1.66. The SMILES string of the molecule is O=C(C[C@@H]1NC(=O)[C@H](Cc2ccccc2)NC1=O)N[C@@H](Cc1ccccc1)C(=O)O. The van der Waals surface area contributed by atoms with Crippen LogP contribution in [-0.4, -0.2) is 46.9 Å². The Kier molecular flexibility index (Phi) is 6.79. The molecule has 0 unspecified atom stereocenters. The first-order valence-corrected chi connectivity index (χ1v) is 9.63. The van der Waals surface area contributed by atoms with E-state index in [1.165, 1.54) is 0 Å². The van der Waals surface area contributed by atoms with Crippen molar-refractivity contribution in [3.8, 4) is 0 Å². The third-order valence-corrected chi connectivity index (χ3v) is 4.85. The summed E-state index contributed by atoms with van der Waals surface area (Å²) in [5, 5.41) is 17.0. The van der Waals surface area contributed by atoms with Gasteiger partial charge >= 0.3 is 5.97 Å². The molecule has 1 aliphatic rings. The average molecular weight is 409 g/mol. The molecule has 30 heavy (non-hydrogen) atoms. The molecule has 2 aromatic carbocycles. The van der Waals surface area contributed by atoms with Crippen molar-refractivity contribution in [2.24, 2.45) is 0 Å². The van der Waals surface area contributed by atoms with Crippen LogP contribution in [0.15, 0.2) is 60.7 Å². The molecular weight excluding hydrogens is 386 g/mol. The van der Waals surface area contributed by atoms with E-state index in [1.807, 2.05) is 36.4 Å². The Balaban J connectivity index is 1.55. The summed E-state index contributed by atoms with van der Waals surface area (Å²) < 4.78 is 0. The van der Waals surface area contributed by atoms with Gasteiger partial charge < -0.3 is 21.1 Å². The van der Waals surface area contributed by atoms with Crippen LogP contribution in [-0.2, 0) is 32.0 Å². The number of piperazine rings is 1. The fraction of sp³-hybridized carbons (Fsp3) is 0.273. The van der Waals surface area contributed by atoms with Gasteiger partial charge in [0.1, 0.15) is 18.1 Å². The summed E-state index contributed by atoms with van der Waals surface area (Å²) in [4.78, 5) is 48.6. The van der Waals surface area contributed by atoms with Crippen molar-refractivity contribution >= 4 is 23.7 Å². The lowest BCUT2D eigenvalue weighted by atomic mass is 10.0. The monoisotopic (exact) mass is 409 g/mol. The Hall–Kier alpha value is -3.68. The molecule has 0 spiro atoms. The molecule has 1 saturated heterocycles. The fourth-order valence-electron chi connectivity index (χ4n) is 3.30. The van der Waals surface area contributed by atoms with Gasteiger partial charge in [-0.25, -0.2) is 4.79 Å². The van der Waals surface area contributed by atoms with Crippen molar-refractivity contribution < 1.29 is 24.3 Å². The smallest absolute Gasteiger partial charge is 0.326 e. The Morgan fingerprint density at radius 1 is 0.867 bits per heavy atom. The number of benzene rings is 2. The van der Waals surface area contributed by atoms with Crippen molar-refractivity contribution in [3.63, 3.8) is 0 Å². The van der Waals surface area contributed by atoms with E-state index in [9.17, 15) is 24.3 Å². The number of hydrogen-bond acceptors (Lipinski definition) is 4. The van der Waals surface area contributed by atoms with Crippen LogP contribution in [0.3, 0.4) is 0 Å². The number of nitrogens with one attached hydrogen (secondary N) is 3. The second-order valence-electron chi connectivity index (χ2n) is 7.16. The molecule has 3 atom stereocenters. The zero-order valence-electron chi connectivity index (χ0n) is 16.2. The Labute approximate surface area is 173 Å². The van der Waals surface area contributed by atoms with Crippen molar-refractivity contribution in [2.75, 3.05) is 0 Å². The maximum absolute atomic E-state index is 12.4. The van der Waals surface area contributed by atoms with Crippen LogP contribution >= 0.6 is 0 Å². The topological polar surface area (TPSA) is 125 Å². The molecule has 8 nitrogen and oxygen atoms in total. The van der Waals surface area contributed by atoms with Gasteiger partial charge in [0.25, 0.3) is 0 Å². The molecule has 1 heterocycles. The predicted octanol–water partition coefficient (Wildman–Crippen LogP) is 0.415. The van der Waals surface area contributed by atoms with E-state index in [4.69, 9.17) is 0 Å². The number of carbonyl (C=O) groups is 4. The van der Waals surface area contributed by atoms with Crippen molar-refractivity contribution in [3.05, 3.63) is 71.8 Å². The van der Waals surface area contributed by atoms with E-state index in [2.05, 4.69) is 16.0 Å². The van der Waals surface area contributed by atoms with Gasteiger partial charge in [0.2, 0.25) is 17.7 Å². The number of amides is 3. The van der Waals surface area contributed by atoms with E-state index < -0.39 is 35.9 Å². The largest absolute Gasteiger partial charge is 0.480 e. The summed E-state index contributed by atoms with van der Waals surface area (Å²) in [5.74, 6) is -2.65. The maximum Gasteiger partial charge on any atom is 0.326 e. The fourth-order valence-corrected chi connectivity index (χ4v) is 3.30. The molecule has 156 valence electrons. The summed E-state index contributed by atoms with van der Waals surface area (Å²) in [6.07, 6.45) is 0.119. The molecule has 1 aliphatic heterocycles. The number of hydrogen-bond donors (Lipinski definition) is 4. The molecule has 1 fully saturated rings. The standard InChI is InChI=1S/C22H23N3O5/c26-19(23-18(22(29)30)12-15-9-5-2-6-10-15)13-17-21(28)24-16(20(27)25-17)11-14-7-3-1-4-8-14/h1-10,16-18H,11-13H2,(H,23,26)(H,24,28)(H,25,27)(H,29,30)/t16-,17-,18-/m0/s1. The van der Waals surface area contributed by atoms with Crippen LogP contribution in [0, 0.1) is 0 Å². The second-order valence-corrected chi connectivity index (χ2v) is 7.16. The van der Waals surface area contributed by atoms with Gasteiger partial charge in [-0.15, -0.1) is 0 Å². The van der Waals surface area contributed by atoms with Crippen molar-refractivity contribution in [1.82, 2.24) is 16.0 Å². The molecule has 0 aromatic heterocycles. The number of rotatable bonds is 8. The Morgan fingerprint density at radius 2 is 1.40 bits per heavy atom. The van der Waals surface area contributed by atoms with Crippen molar-refractivity contribution in [2.45, 2.75) is 37.4 Å². The molecule has 3 amide bonds. The molecule has 0 bridgehead atoms. The van der Waals surface area contributed by atoms with Gasteiger partial charge in [0.05, 0.1) is 6.42 Å². The number of carboxylic acid groups (broad SMARTS) is 1. The van der Waals surface area contributed by atoms with E-state index in [0.717, 1.165) is 11.1 Å². The number of aliphatic carboxylic acids is 1. The number of carboxylic acids is 1. The van der Waals surface area contributed by atoms with Gasteiger partial charge in [-0.3, -0.25) is 14.4 Å². The minimum atomic E-state index is -1.17. The summed E-state index contributed by atoms with van der Waals surface area (Å²) >= 11 is 0. The summed E-state index contributed by atoms with van der Waals surface area (Å²) in [6, 6.07) is 15.3. The normalized spacial score (nSPS) is 19.3. The Morgan fingerprint density at radius 3 is 2.00 bits per heavy atom. The molecule has 4 N–H and O–H groups in total. The van der Waals surface area contributed by atoms with Gasteiger partial charge in [0, 0.05) is 12.8 Å². The first kappa shape index (κ1) is 21.0. The van der Waals surface area contributed by atoms with Crippen LogP contribution in [0.5, 0.6) is 0 Å². The highest BCUT2D eigenvalue weighted by molar-refractivity contribution is 5.99. The minimum absolute atomic E-state index is 0.115. The molecule has 0 radical (unpaired) electrons. The molecular formula is C22H23N3O5. The molecule has 0 aliphatic carbocycles. The molecule has 0 saturated carbocycles. The van der Waals surface area contributed by atoms with Crippen LogP contribution in [0.4, 0.5) is 0 Å². The summed E-state index contributed by atoms with van der Waals surface area (Å²) in [7, 11) is 0. The van der Waals surface area contributed by atoms with Crippen LogP contribution in [0.2, 0.25) is 0 Å². The van der Waals surface area contributed by atoms with Crippen LogP contribution in [0.1, 0.15) is 17.5 Å². The van der Waals surface area contributed by atoms with Gasteiger partial charge in [-0.05, 0) is 11.1 Å². The van der Waals surface area contributed by atoms with Gasteiger partial charge in [0.15, 0.2) is 0 Å². The van der Waals surface area contributed by atoms with Gasteiger partial charge in [-0.2, -0.15) is 0 Å². The highest BCUT2D eigenvalue weighted by Gasteiger charge is 2.35. The van der Waals surface area contributed by atoms with E-state index >= 15 is 0 Å². The lowest BCUT2D eigenvalue weighted by Crippen LogP contribution is -2.63. The van der Waals surface area contributed by atoms with Crippen LogP contribution in [0.25, 0.3) is 0 Å². The second kappa shape index (κ2) is 9.69. The highest BCUT2D eigenvalue weighted by Crippen LogP contribution is 2.09. The van der Waals surface area contributed by atoms with Crippen molar-refractivity contribution in [1.29, 1.82) is 0 Å². The molecule has 3 rings (SSSR count). The minimum Gasteiger partial charge on any atom is -0.480 e. The number of carbonyl (C=O) groups excluding carboxylic acids is 3. The lowest BCUT2D eigenvalue weighted by molar-refractivity contribution is -0.142. The molecule has 2 aromatic rings. The summed E-state index contributed by atoms with van der Waals surface area (Å²) in [6.45, 7) is 0. The van der Waals surface area contributed by atoms with E-state index in [0.29, 0.717) is 6.42 Å². The third kappa shape index (κ3) is 5.66. The molecule has 8 heteroatoms. The first-order valence-electron chi connectivity index (χ1n) is 9.63. The van der Waals surface area contributed by atoms with E-state index in [-0.39, 0.29) is 18.7 Å². The highest BCUT2D eigenvalue weighted by atomic mass is 16.4.